The second-order valence-corrected chi connectivity index (χ2v) is 6.51. The number of anilines is 1. The number of hydrogen-bond donors (Lipinski definition) is 1. The van der Waals surface area contributed by atoms with Crippen molar-refractivity contribution in [1.29, 1.82) is 0 Å². The first kappa shape index (κ1) is 19.0. The zero-order valence-corrected chi connectivity index (χ0v) is 16.1. The number of hydrogen-bond acceptors (Lipinski definition) is 4. The molecular formula is C19H20BrNO4. The lowest BCUT2D eigenvalue weighted by Gasteiger charge is -2.16. The number of nitrogens with one attached hydrogen (secondary N) is 1. The van der Waals surface area contributed by atoms with Crippen LogP contribution in [0.2, 0.25) is 0 Å². The zero-order chi connectivity index (χ0) is 18.6. The molecule has 132 valence electrons. The average molecular weight is 406 g/mol. The summed E-state index contributed by atoms with van der Waals surface area (Å²) >= 11 is 3.32. The summed E-state index contributed by atoms with van der Waals surface area (Å²) in [5, 5.41) is 2.82. The molecule has 0 radical (unpaired) electrons. The molecule has 0 aromatic heterocycles. The van der Waals surface area contributed by atoms with Gasteiger partial charge in [0.1, 0.15) is 5.75 Å². The third-order valence-corrected chi connectivity index (χ3v) is 4.39. The molecule has 0 fully saturated rings. The summed E-state index contributed by atoms with van der Waals surface area (Å²) in [5.41, 5.74) is 2.97. The number of carbonyl (C=O) groups excluding carboxylic acids is 2. The Balaban J connectivity index is 2.05. The standard InChI is InChI=1S/C19H20BrNO4/c1-11-6-5-7-12(2)17(11)21-18(22)13(3)25-19(23)14-8-9-16(24-4)15(20)10-14/h5-10,13H,1-4H3,(H,21,22)/t13-/m0/s1. The van der Waals surface area contributed by atoms with Crippen molar-refractivity contribution < 1.29 is 19.1 Å². The van der Waals surface area contributed by atoms with E-state index in [1.54, 1.807) is 25.1 Å². The Kier molecular flexibility index (Phi) is 6.20. The number of rotatable bonds is 5. The highest BCUT2D eigenvalue weighted by molar-refractivity contribution is 9.10. The van der Waals surface area contributed by atoms with E-state index in [0.29, 0.717) is 15.8 Å². The van der Waals surface area contributed by atoms with E-state index in [0.717, 1.165) is 16.8 Å². The van der Waals surface area contributed by atoms with Crippen LogP contribution in [0.4, 0.5) is 5.69 Å². The summed E-state index contributed by atoms with van der Waals surface area (Å²) in [6.07, 6.45) is -0.924. The molecule has 6 heteroatoms. The number of halogens is 1. The van der Waals surface area contributed by atoms with Crippen LogP contribution in [0.15, 0.2) is 40.9 Å². The van der Waals surface area contributed by atoms with Gasteiger partial charge in [0.05, 0.1) is 17.1 Å². The van der Waals surface area contributed by atoms with Crippen LogP contribution in [0.1, 0.15) is 28.4 Å². The van der Waals surface area contributed by atoms with Crippen molar-refractivity contribution in [1.82, 2.24) is 0 Å². The minimum atomic E-state index is -0.924. The van der Waals surface area contributed by atoms with Crippen molar-refractivity contribution in [3.05, 3.63) is 57.6 Å². The van der Waals surface area contributed by atoms with Gasteiger partial charge in [0.25, 0.3) is 5.91 Å². The normalized spacial score (nSPS) is 11.6. The molecule has 1 atom stereocenters. The molecule has 1 N–H and O–H groups in total. The lowest BCUT2D eigenvalue weighted by atomic mass is 10.1. The third kappa shape index (κ3) is 4.60. The molecule has 1 amide bonds. The van der Waals surface area contributed by atoms with E-state index < -0.39 is 12.1 Å². The number of para-hydroxylation sites is 1. The average Bonchev–Trinajstić information content (AvgIpc) is 2.57. The fourth-order valence-corrected chi connectivity index (χ4v) is 2.85. The molecule has 2 aromatic carbocycles. The second kappa shape index (κ2) is 8.16. The maximum absolute atomic E-state index is 12.3. The van der Waals surface area contributed by atoms with Gasteiger partial charge in [-0.1, -0.05) is 18.2 Å². The summed E-state index contributed by atoms with van der Waals surface area (Å²) in [6.45, 7) is 5.36. The Morgan fingerprint density at radius 1 is 1.12 bits per heavy atom. The zero-order valence-electron chi connectivity index (χ0n) is 14.6. The maximum atomic E-state index is 12.3. The van der Waals surface area contributed by atoms with Crippen LogP contribution in [0, 0.1) is 13.8 Å². The molecule has 0 aliphatic rings. The van der Waals surface area contributed by atoms with Crippen molar-refractivity contribution in [3.8, 4) is 5.75 Å². The summed E-state index contributed by atoms with van der Waals surface area (Å²) in [5.74, 6) is -0.344. The Hall–Kier alpha value is -2.34. The number of benzene rings is 2. The highest BCUT2D eigenvalue weighted by Crippen LogP contribution is 2.26. The number of amides is 1. The van der Waals surface area contributed by atoms with Gasteiger partial charge in [-0.2, -0.15) is 0 Å². The van der Waals surface area contributed by atoms with Gasteiger partial charge in [0, 0.05) is 5.69 Å². The molecule has 0 saturated carbocycles. The predicted octanol–water partition coefficient (Wildman–Crippen LogP) is 4.26. The predicted molar refractivity (Wildman–Crippen MR) is 100 cm³/mol. The lowest BCUT2D eigenvalue weighted by Crippen LogP contribution is -2.30. The molecule has 0 unspecified atom stereocenters. The summed E-state index contributed by atoms with van der Waals surface area (Å²) in [4.78, 5) is 24.6. The van der Waals surface area contributed by atoms with Gasteiger partial charge in [-0.25, -0.2) is 4.79 Å². The molecule has 0 saturated heterocycles. The van der Waals surface area contributed by atoms with Gasteiger partial charge in [-0.15, -0.1) is 0 Å². The van der Waals surface area contributed by atoms with E-state index in [2.05, 4.69) is 21.2 Å². The molecule has 0 heterocycles. The summed E-state index contributed by atoms with van der Waals surface area (Å²) < 4.78 is 11.0. The molecule has 25 heavy (non-hydrogen) atoms. The van der Waals surface area contributed by atoms with Crippen LogP contribution in [0.25, 0.3) is 0 Å². The highest BCUT2D eigenvalue weighted by Gasteiger charge is 2.20. The van der Waals surface area contributed by atoms with Gasteiger partial charge in [-0.05, 0) is 66.0 Å². The van der Waals surface area contributed by atoms with Crippen molar-refractivity contribution in [2.75, 3.05) is 12.4 Å². The van der Waals surface area contributed by atoms with Crippen LogP contribution in [0.3, 0.4) is 0 Å². The maximum Gasteiger partial charge on any atom is 0.338 e. The Labute approximate surface area is 155 Å². The van der Waals surface area contributed by atoms with E-state index in [1.165, 1.54) is 7.11 Å². The molecule has 2 aromatic rings. The molecule has 0 spiro atoms. The molecular weight excluding hydrogens is 386 g/mol. The van der Waals surface area contributed by atoms with Crippen LogP contribution < -0.4 is 10.1 Å². The first-order valence-corrected chi connectivity index (χ1v) is 8.54. The Morgan fingerprint density at radius 3 is 2.32 bits per heavy atom. The summed E-state index contributed by atoms with van der Waals surface area (Å²) in [7, 11) is 1.54. The fraction of sp³-hybridized carbons (Fsp3) is 0.263. The van der Waals surface area contributed by atoms with Gasteiger partial charge in [0.2, 0.25) is 0 Å². The van der Waals surface area contributed by atoms with Crippen molar-refractivity contribution in [3.63, 3.8) is 0 Å². The summed E-state index contributed by atoms with van der Waals surface area (Å²) in [6, 6.07) is 10.6. The fourth-order valence-electron chi connectivity index (χ4n) is 2.31. The highest BCUT2D eigenvalue weighted by atomic mass is 79.9. The van der Waals surface area contributed by atoms with Crippen molar-refractivity contribution >= 4 is 33.5 Å². The SMILES string of the molecule is COc1ccc(C(=O)O[C@@H](C)C(=O)Nc2c(C)cccc2C)cc1Br. The first-order valence-electron chi connectivity index (χ1n) is 7.75. The monoisotopic (exact) mass is 405 g/mol. The number of esters is 1. The number of ether oxygens (including phenoxy) is 2. The van der Waals surface area contributed by atoms with Crippen LogP contribution in [0.5, 0.6) is 5.75 Å². The van der Waals surface area contributed by atoms with E-state index >= 15 is 0 Å². The second-order valence-electron chi connectivity index (χ2n) is 5.65. The van der Waals surface area contributed by atoms with Gasteiger partial charge in [0.15, 0.2) is 6.10 Å². The smallest absolute Gasteiger partial charge is 0.338 e. The van der Waals surface area contributed by atoms with Gasteiger partial charge >= 0.3 is 5.97 Å². The van der Waals surface area contributed by atoms with E-state index in [1.807, 2.05) is 32.0 Å². The van der Waals surface area contributed by atoms with E-state index in [9.17, 15) is 9.59 Å². The number of aryl methyl sites for hydroxylation is 2. The first-order chi connectivity index (χ1) is 11.8. The Morgan fingerprint density at radius 2 is 1.76 bits per heavy atom. The minimum Gasteiger partial charge on any atom is -0.496 e. The lowest BCUT2D eigenvalue weighted by molar-refractivity contribution is -0.123. The van der Waals surface area contributed by atoms with Crippen LogP contribution in [-0.4, -0.2) is 25.1 Å². The largest absolute Gasteiger partial charge is 0.496 e. The molecule has 5 nitrogen and oxygen atoms in total. The number of methoxy groups -OCH3 is 1. The van der Waals surface area contributed by atoms with Crippen LogP contribution in [-0.2, 0) is 9.53 Å². The molecule has 0 aliphatic carbocycles. The molecule has 2 rings (SSSR count). The van der Waals surface area contributed by atoms with Gasteiger partial charge < -0.3 is 14.8 Å². The quantitative estimate of drug-likeness (QED) is 0.754. The van der Waals surface area contributed by atoms with E-state index in [4.69, 9.17) is 9.47 Å². The van der Waals surface area contributed by atoms with Gasteiger partial charge in [-0.3, -0.25) is 4.79 Å². The van der Waals surface area contributed by atoms with Crippen LogP contribution >= 0.6 is 15.9 Å². The van der Waals surface area contributed by atoms with Crippen molar-refractivity contribution in [2.24, 2.45) is 0 Å². The van der Waals surface area contributed by atoms with E-state index in [-0.39, 0.29) is 5.91 Å². The molecule has 0 aliphatic heterocycles. The number of carbonyl (C=O) groups is 2. The third-order valence-electron chi connectivity index (χ3n) is 3.77. The Bertz CT molecular complexity index is 784. The minimum absolute atomic E-state index is 0.333. The molecule has 0 bridgehead atoms. The topological polar surface area (TPSA) is 64.6 Å². The van der Waals surface area contributed by atoms with Crippen molar-refractivity contribution in [2.45, 2.75) is 26.9 Å².